The Balaban J connectivity index is 2.14. The van der Waals surface area contributed by atoms with Crippen LogP contribution in [0.15, 0.2) is 54.6 Å². The Morgan fingerprint density at radius 2 is 1.40 bits per heavy atom. The van der Waals surface area contributed by atoms with E-state index in [1.54, 1.807) is 41.5 Å². The lowest BCUT2D eigenvalue weighted by molar-refractivity contribution is -0.159. The maximum atomic E-state index is 13.5. The normalized spacial score (nSPS) is 12.9. The first kappa shape index (κ1) is 34.4. The van der Waals surface area contributed by atoms with Crippen LogP contribution in [0, 0.1) is 0 Å². The molecule has 10 heteroatoms. The number of carbonyl (C=O) groups is 4. The monoisotopic (exact) mass is 597 g/mol. The Bertz CT molecular complexity index is 1230. The molecule has 0 aliphatic rings. The van der Waals surface area contributed by atoms with Gasteiger partial charge in [0.15, 0.2) is 0 Å². The number of ether oxygens (including phenoxy) is 2. The summed E-state index contributed by atoms with van der Waals surface area (Å²) in [6.07, 6.45) is 1.01. The Kier molecular flexibility index (Phi) is 12.7. The van der Waals surface area contributed by atoms with Gasteiger partial charge in [-0.2, -0.15) is 0 Å². The Morgan fingerprint density at radius 3 is 1.95 bits per heavy atom. The molecule has 0 saturated heterocycles. The fourth-order valence-corrected chi connectivity index (χ4v) is 4.14. The van der Waals surface area contributed by atoms with E-state index in [0.29, 0.717) is 17.8 Å². The summed E-state index contributed by atoms with van der Waals surface area (Å²) in [5, 5.41) is 5.36. The number of amides is 2. The molecule has 0 aliphatic carbocycles. The lowest BCUT2D eigenvalue weighted by Crippen LogP contribution is -2.54. The average molecular weight is 598 g/mol. The molecule has 0 aliphatic heterocycles. The lowest BCUT2D eigenvalue weighted by atomic mass is 10.0. The highest BCUT2D eigenvalue weighted by molar-refractivity contribution is 7.80. The molecule has 0 fully saturated rings. The van der Waals surface area contributed by atoms with Gasteiger partial charge in [0, 0.05) is 18.4 Å². The average Bonchev–Trinajstić information content (AvgIpc) is 2.86. The molecule has 0 bridgehead atoms. The summed E-state index contributed by atoms with van der Waals surface area (Å²) in [4.78, 5) is 52.4. The molecule has 0 saturated carbocycles. The van der Waals surface area contributed by atoms with Crippen LogP contribution in [0.4, 0.5) is 0 Å². The number of rotatable bonds is 13. The number of nitrogens with two attached hydrogens (primary N) is 1. The highest BCUT2D eigenvalue weighted by Gasteiger charge is 2.32. The third-order valence-electron chi connectivity index (χ3n) is 5.84. The van der Waals surface area contributed by atoms with Crippen molar-refractivity contribution in [3.63, 3.8) is 0 Å². The Morgan fingerprint density at radius 1 is 0.810 bits per heavy atom. The van der Waals surface area contributed by atoms with E-state index in [9.17, 15) is 19.2 Å². The molecule has 0 aromatic heterocycles. The summed E-state index contributed by atoms with van der Waals surface area (Å²) in [6, 6.07) is 14.3. The third-order valence-corrected chi connectivity index (χ3v) is 6.08. The number of esters is 2. The molecule has 4 N–H and O–H groups in total. The van der Waals surface area contributed by atoms with Gasteiger partial charge in [0.25, 0.3) is 0 Å². The van der Waals surface area contributed by atoms with Gasteiger partial charge in [0.2, 0.25) is 11.8 Å². The van der Waals surface area contributed by atoms with E-state index in [1.807, 2.05) is 54.6 Å². The SMILES string of the molecule is CC(C)(C)OC(=O)C[C@H](NC(=O)CCCc1ccc(C(N)=S)cc1)C(=O)N[C@@H](Cc1ccccc1)C(=O)OC(C)(C)C. The van der Waals surface area contributed by atoms with Gasteiger partial charge < -0.3 is 25.8 Å². The van der Waals surface area contributed by atoms with Crippen LogP contribution >= 0.6 is 12.2 Å². The number of carbonyl (C=O) groups excluding carboxylic acids is 4. The summed E-state index contributed by atoms with van der Waals surface area (Å²) in [7, 11) is 0. The summed E-state index contributed by atoms with van der Waals surface area (Å²) in [5.74, 6) is -2.37. The quantitative estimate of drug-likeness (QED) is 0.233. The van der Waals surface area contributed by atoms with Crippen LogP contribution in [0.25, 0.3) is 0 Å². The van der Waals surface area contributed by atoms with Gasteiger partial charge in [-0.25, -0.2) is 4.79 Å². The molecule has 9 nitrogen and oxygen atoms in total. The molecular weight excluding hydrogens is 554 g/mol. The first-order chi connectivity index (χ1) is 19.5. The third kappa shape index (κ3) is 13.2. The summed E-state index contributed by atoms with van der Waals surface area (Å²) >= 11 is 4.98. The van der Waals surface area contributed by atoms with E-state index in [0.717, 1.165) is 16.7 Å². The molecule has 2 aromatic rings. The van der Waals surface area contributed by atoms with Crippen molar-refractivity contribution in [1.82, 2.24) is 10.6 Å². The van der Waals surface area contributed by atoms with Crippen LogP contribution in [-0.2, 0) is 41.5 Å². The zero-order valence-electron chi connectivity index (χ0n) is 25.3. The standard InChI is InChI=1S/C32H43N3O6S/c1-31(2,3)40-27(37)20-24(34-26(36)14-10-13-21-15-17-23(18-16-21)28(33)42)29(38)35-25(30(39)41-32(4,5)6)19-22-11-8-7-9-12-22/h7-9,11-12,15-18,24-25H,10,13-14,19-20H2,1-6H3,(H2,33,42)(H,34,36)(H,35,38)/t24-,25-/m0/s1. The molecule has 228 valence electrons. The van der Waals surface area contributed by atoms with Gasteiger partial charge in [0.1, 0.15) is 28.3 Å². The second-order valence-corrected chi connectivity index (χ2v) is 12.5. The minimum atomic E-state index is -1.25. The number of hydrogen-bond acceptors (Lipinski definition) is 7. The van der Waals surface area contributed by atoms with Gasteiger partial charge in [0.05, 0.1) is 6.42 Å². The van der Waals surface area contributed by atoms with E-state index in [2.05, 4.69) is 10.6 Å². The lowest BCUT2D eigenvalue weighted by Gasteiger charge is -2.27. The zero-order valence-corrected chi connectivity index (χ0v) is 26.1. The molecule has 0 radical (unpaired) electrons. The second-order valence-electron chi connectivity index (χ2n) is 12.1. The molecule has 0 heterocycles. The molecule has 2 rings (SSSR count). The van der Waals surface area contributed by atoms with Crippen LogP contribution in [0.1, 0.15) is 77.5 Å². The van der Waals surface area contributed by atoms with E-state index >= 15 is 0 Å². The van der Waals surface area contributed by atoms with E-state index in [-0.39, 0.29) is 12.8 Å². The number of aryl methyl sites for hydroxylation is 1. The van der Waals surface area contributed by atoms with Crippen LogP contribution in [-0.4, -0.2) is 52.0 Å². The summed E-state index contributed by atoms with van der Waals surface area (Å²) in [5.41, 5.74) is 6.66. The highest BCUT2D eigenvalue weighted by atomic mass is 32.1. The van der Waals surface area contributed by atoms with Crippen molar-refractivity contribution in [3.05, 3.63) is 71.3 Å². The first-order valence-corrected chi connectivity index (χ1v) is 14.4. The number of nitrogens with one attached hydrogen (secondary N) is 2. The van der Waals surface area contributed by atoms with Crippen molar-refractivity contribution in [2.75, 3.05) is 0 Å². The second kappa shape index (κ2) is 15.4. The van der Waals surface area contributed by atoms with Gasteiger partial charge in [-0.05, 0) is 65.5 Å². The predicted molar refractivity (Wildman–Crippen MR) is 166 cm³/mol. The fourth-order valence-electron chi connectivity index (χ4n) is 4.00. The predicted octanol–water partition coefficient (Wildman–Crippen LogP) is 3.93. The maximum Gasteiger partial charge on any atom is 0.329 e. The van der Waals surface area contributed by atoms with Gasteiger partial charge in [-0.3, -0.25) is 14.4 Å². The smallest absolute Gasteiger partial charge is 0.329 e. The molecule has 2 aromatic carbocycles. The zero-order chi connectivity index (χ0) is 31.5. The molecule has 0 unspecified atom stereocenters. The Labute approximate surface area is 253 Å². The summed E-state index contributed by atoms with van der Waals surface area (Å²) < 4.78 is 10.9. The number of benzene rings is 2. The molecule has 0 spiro atoms. The minimum absolute atomic E-state index is 0.120. The van der Waals surface area contributed by atoms with E-state index in [1.165, 1.54) is 0 Å². The van der Waals surface area contributed by atoms with Crippen LogP contribution < -0.4 is 16.4 Å². The van der Waals surface area contributed by atoms with Gasteiger partial charge in [-0.15, -0.1) is 0 Å². The molecule has 42 heavy (non-hydrogen) atoms. The van der Waals surface area contributed by atoms with Crippen LogP contribution in [0.5, 0.6) is 0 Å². The van der Waals surface area contributed by atoms with Crippen molar-refractivity contribution >= 4 is 41.0 Å². The molecule has 2 atom stereocenters. The van der Waals surface area contributed by atoms with E-state index in [4.69, 9.17) is 27.4 Å². The largest absolute Gasteiger partial charge is 0.460 e. The topological polar surface area (TPSA) is 137 Å². The van der Waals surface area contributed by atoms with Crippen molar-refractivity contribution in [2.45, 2.75) is 96.9 Å². The van der Waals surface area contributed by atoms with Crippen molar-refractivity contribution in [1.29, 1.82) is 0 Å². The fraction of sp³-hybridized carbons (Fsp3) is 0.469. The van der Waals surface area contributed by atoms with Gasteiger partial charge >= 0.3 is 11.9 Å². The van der Waals surface area contributed by atoms with E-state index < -0.39 is 53.5 Å². The van der Waals surface area contributed by atoms with Crippen molar-refractivity contribution in [3.8, 4) is 0 Å². The summed E-state index contributed by atoms with van der Waals surface area (Å²) in [6.45, 7) is 10.3. The molecular formula is C32H43N3O6S. The minimum Gasteiger partial charge on any atom is -0.460 e. The first-order valence-electron chi connectivity index (χ1n) is 14.0. The molecule has 2 amide bonds. The highest BCUT2D eigenvalue weighted by Crippen LogP contribution is 2.14. The number of hydrogen-bond donors (Lipinski definition) is 3. The van der Waals surface area contributed by atoms with Crippen molar-refractivity contribution < 1.29 is 28.7 Å². The number of thiocarbonyl (C=S) groups is 1. The maximum absolute atomic E-state index is 13.5. The van der Waals surface area contributed by atoms with Crippen LogP contribution in [0.2, 0.25) is 0 Å². The Hall–Kier alpha value is -3.79. The van der Waals surface area contributed by atoms with Gasteiger partial charge in [-0.1, -0.05) is 66.8 Å². The van der Waals surface area contributed by atoms with Crippen LogP contribution in [0.3, 0.4) is 0 Å². The van der Waals surface area contributed by atoms with Crippen molar-refractivity contribution in [2.24, 2.45) is 5.73 Å².